The summed E-state index contributed by atoms with van der Waals surface area (Å²) in [7, 11) is 0. The second-order valence-electron chi connectivity index (χ2n) is 7.25. The quantitative estimate of drug-likeness (QED) is 0.662. The van der Waals surface area contributed by atoms with Gasteiger partial charge in [0.15, 0.2) is 11.5 Å². The van der Waals surface area contributed by atoms with Crippen molar-refractivity contribution in [3.63, 3.8) is 0 Å². The van der Waals surface area contributed by atoms with E-state index < -0.39 is 0 Å². The second kappa shape index (κ2) is 8.06. The maximum absolute atomic E-state index is 13.2. The number of fused-ring (bicyclic) bond motifs is 1. The molecule has 156 valence electrons. The Morgan fingerprint density at radius 3 is 2.53 bits per heavy atom. The molecule has 0 radical (unpaired) electrons. The zero-order valence-electron chi connectivity index (χ0n) is 17.0. The van der Waals surface area contributed by atoms with E-state index in [2.05, 4.69) is 15.7 Å². The van der Waals surface area contributed by atoms with Gasteiger partial charge in [-0.25, -0.2) is 13.9 Å². The summed E-state index contributed by atoms with van der Waals surface area (Å²) in [5.74, 6) is 1.09. The average Bonchev–Trinajstić information content (AvgIpc) is 3.34. The van der Waals surface area contributed by atoms with Crippen molar-refractivity contribution in [1.82, 2.24) is 20.4 Å². The minimum Gasteiger partial charge on any atom is -0.454 e. The molecular weight excluding hydrogens is 387 g/mol. The van der Waals surface area contributed by atoms with E-state index in [1.807, 2.05) is 39.0 Å². The number of nitrogens with one attached hydrogen (secondary N) is 2. The standard InChI is InChI=1S/C22H23FN4O3/c1-13(16-4-9-20-21(10-16)30-12-29-20)25-22(28)26-14(2)19-11-24-27(15(19)3)18-7-5-17(23)6-8-18/h4-11,13-14H,12H2,1-3H3,(H2,25,26,28)/t13-,14-/m1/s1. The zero-order chi connectivity index (χ0) is 21.3. The predicted molar refractivity (Wildman–Crippen MR) is 109 cm³/mol. The Bertz CT molecular complexity index is 1060. The lowest BCUT2D eigenvalue weighted by Crippen LogP contribution is -2.38. The Morgan fingerprint density at radius 2 is 1.77 bits per heavy atom. The van der Waals surface area contributed by atoms with Crippen molar-refractivity contribution in [2.24, 2.45) is 0 Å². The van der Waals surface area contributed by atoms with Gasteiger partial charge in [0.2, 0.25) is 6.79 Å². The minimum absolute atomic E-state index is 0.212. The van der Waals surface area contributed by atoms with Crippen LogP contribution in [0.25, 0.3) is 5.69 Å². The molecule has 8 heteroatoms. The van der Waals surface area contributed by atoms with Gasteiger partial charge in [-0.3, -0.25) is 0 Å². The van der Waals surface area contributed by atoms with Crippen LogP contribution in [-0.2, 0) is 0 Å². The Kier molecular flexibility index (Phi) is 5.31. The van der Waals surface area contributed by atoms with Crippen molar-refractivity contribution in [1.29, 1.82) is 0 Å². The van der Waals surface area contributed by atoms with E-state index >= 15 is 0 Å². The fourth-order valence-electron chi connectivity index (χ4n) is 3.47. The SMILES string of the molecule is Cc1c([C@@H](C)NC(=O)N[C@H](C)c2ccc3c(c2)OCO3)cnn1-c1ccc(F)cc1. The van der Waals surface area contributed by atoms with E-state index in [0.717, 1.165) is 22.5 Å². The molecule has 0 saturated carbocycles. The first kappa shape index (κ1) is 19.8. The monoisotopic (exact) mass is 410 g/mol. The first-order valence-electron chi connectivity index (χ1n) is 9.69. The van der Waals surface area contributed by atoms with E-state index in [1.54, 1.807) is 23.0 Å². The molecule has 1 aliphatic rings. The van der Waals surface area contributed by atoms with Crippen molar-refractivity contribution in [3.05, 3.63) is 71.3 Å². The highest BCUT2D eigenvalue weighted by Crippen LogP contribution is 2.34. The molecule has 2 N–H and O–H groups in total. The molecule has 2 amide bonds. The van der Waals surface area contributed by atoms with Gasteiger partial charge >= 0.3 is 6.03 Å². The normalized spacial score (nSPS) is 14.3. The van der Waals surface area contributed by atoms with Gasteiger partial charge in [0, 0.05) is 11.3 Å². The van der Waals surface area contributed by atoms with Crippen molar-refractivity contribution in [3.8, 4) is 17.2 Å². The number of halogens is 1. The Morgan fingerprint density at radius 1 is 1.07 bits per heavy atom. The van der Waals surface area contributed by atoms with Crippen LogP contribution in [-0.4, -0.2) is 22.6 Å². The molecule has 3 aromatic rings. The van der Waals surface area contributed by atoms with E-state index in [4.69, 9.17) is 9.47 Å². The lowest BCUT2D eigenvalue weighted by molar-refractivity contribution is 0.174. The van der Waals surface area contributed by atoms with Crippen LogP contribution in [0.5, 0.6) is 11.5 Å². The number of amides is 2. The van der Waals surface area contributed by atoms with Crippen LogP contribution in [0.2, 0.25) is 0 Å². The Labute approximate surface area is 173 Å². The van der Waals surface area contributed by atoms with Crippen LogP contribution in [0.3, 0.4) is 0 Å². The number of carbonyl (C=O) groups is 1. The smallest absolute Gasteiger partial charge is 0.315 e. The number of ether oxygens (including phenoxy) is 2. The summed E-state index contributed by atoms with van der Waals surface area (Å²) in [4.78, 5) is 12.5. The van der Waals surface area contributed by atoms with Crippen molar-refractivity contribution >= 4 is 6.03 Å². The summed E-state index contributed by atoms with van der Waals surface area (Å²) in [6, 6.07) is 11.0. The largest absolute Gasteiger partial charge is 0.454 e. The number of rotatable bonds is 5. The molecule has 0 saturated heterocycles. The first-order chi connectivity index (χ1) is 14.4. The van der Waals surface area contributed by atoms with Gasteiger partial charge in [-0.1, -0.05) is 6.07 Å². The fourth-order valence-corrected chi connectivity index (χ4v) is 3.47. The molecule has 0 bridgehead atoms. The molecule has 0 aliphatic carbocycles. The van der Waals surface area contributed by atoms with Crippen LogP contribution >= 0.6 is 0 Å². The average molecular weight is 410 g/mol. The molecular formula is C22H23FN4O3. The van der Waals surface area contributed by atoms with Gasteiger partial charge in [0.05, 0.1) is 24.0 Å². The second-order valence-corrected chi connectivity index (χ2v) is 7.25. The van der Waals surface area contributed by atoms with Crippen molar-refractivity contribution < 1.29 is 18.7 Å². The van der Waals surface area contributed by atoms with Gasteiger partial charge in [0.25, 0.3) is 0 Å². The number of urea groups is 1. The van der Waals surface area contributed by atoms with Gasteiger partial charge in [0.1, 0.15) is 5.82 Å². The zero-order valence-corrected chi connectivity index (χ0v) is 17.0. The third kappa shape index (κ3) is 3.94. The summed E-state index contributed by atoms with van der Waals surface area (Å²) in [5.41, 5.74) is 3.43. The van der Waals surface area contributed by atoms with Crippen LogP contribution in [0.1, 0.15) is 42.8 Å². The summed E-state index contributed by atoms with van der Waals surface area (Å²) in [6.07, 6.45) is 1.71. The van der Waals surface area contributed by atoms with Crippen molar-refractivity contribution in [2.45, 2.75) is 32.9 Å². The third-order valence-corrected chi connectivity index (χ3v) is 5.18. The van der Waals surface area contributed by atoms with Crippen LogP contribution in [0.15, 0.2) is 48.7 Å². The van der Waals surface area contributed by atoms with Gasteiger partial charge < -0.3 is 20.1 Å². The molecule has 2 aromatic carbocycles. The molecule has 0 unspecified atom stereocenters. The molecule has 0 fully saturated rings. The predicted octanol–water partition coefficient (Wildman–Crippen LogP) is 4.17. The lowest BCUT2D eigenvalue weighted by Gasteiger charge is -2.19. The van der Waals surface area contributed by atoms with Gasteiger partial charge in [-0.05, 0) is 62.7 Å². The maximum Gasteiger partial charge on any atom is 0.315 e. The van der Waals surface area contributed by atoms with E-state index in [9.17, 15) is 9.18 Å². The van der Waals surface area contributed by atoms with E-state index in [0.29, 0.717) is 11.5 Å². The molecule has 30 heavy (non-hydrogen) atoms. The highest BCUT2D eigenvalue weighted by atomic mass is 19.1. The van der Waals surface area contributed by atoms with Crippen LogP contribution in [0.4, 0.5) is 9.18 Å². The topological polar surface area (TPSA) is 77.4 Å². The van der Waals surface area contributed by atoms with Crippen LogP contribution < -0.4 is 20.1 Å². The number of benzene rings is 2. The first-order valence-corrected chi connectivity index (χ1v) is 9.69. The van der Waals surface area contributed by atoms with Gasteiger partial charge in [-0.2, -0.15) is 5.10 Å². The molecule has 1 aliphatic heterocycles. The number of carbonyl (C=O) groups excluding carboxylic acids is 1. The number of nitrogens with zero attached hydrogens (tertiary/aromatic N) is 2. The number of hydrogen-bond acceptors (Lipinski definition) is 4. The van der Waals surface area contributed by atoms with Crippen LogP contribution in [0, 0.1) is 12.7 Å². The van der Waals surface area contributed by atoms with E-state index in [-0.39, 0.29) is 30.7 Å². The van der Waals surface area contributed by atoms with Crippen molar-refractivity contribution in [2.75, 3.05) is 6.79 Å². The molecule has 0 spiro atoms. The molecule has 1 aromatic heterocycles. The third-order valence-electron chi connectivity index (χ3n) is 5.18. The Balaban J connectivity index is 1.40. The Hall–Kier alpha value is -3.55. The molecule has 2 heterocycles. The molecule has 7 nitrogen and oxygen atoms in total. The summed E-state index contributed by atoms with van der Waals surface area (Å²) in [5, 5.41) is 10.3. The summed E-state index contributed by atoms with van der Waals surface area (Å²) in [6.45, 7) is 5.92. The lowest BCUT2D eigenvalue weighted by atomic mass is 10.1. The highest BCUT2D eigenvalue weighted by Gasteiger charge is 2.19. The number of aromatic nitrogens is 2. The number of hydrogen-bond donors (Lipinski definition) is 2. The summed E-state index contributed by atoms with van der Waals surface area (Å²) >= 11 is 0. The van der Waals surface area contributed by atoms with Gasteiger partial charge in [-0.15, -0.1) is 0 Å². The highest BCUT2D eigenvalue weighted by molar-refractivity contribution is 5.75. The molecule has 4 rings (SSSR count). The fraction of sp³-hybridized carbons (Fsp3) is 0.273. The minimum atomic E-state index is -0.299. The van der Waals surface area contributed by atoms with E-state index in [1.165, 1.54) is 12.1 Å². The molecule has 2 atom stereocenters. The summed E-state index contributed by atoms with van der Waals surface area (Å²) < 4.78 is 25.6. The maximum atomic E-state index is 13.2.